The summed E-state index contributed by atoms with van der Waals surface area (Å²) in [6, 6.07) is 10.3. The number of pyridine rings is 2. The van der Waals surface area contributed by atoms with Crippen molar-refractivity contribution in [1.29, 1.82) is 5.26 Å². The summed E-state index contributed by atoms with van der Waals surface area (Å²) in [5, 5.41) is 9.40. The number of nitriles is 1. The van der Waals surface area contributed by atoms with Crippen molar-refractivity contribution < 1.29 is 27.4 Å². The Morgan fingerprint density at radius 3 is 2.40 bits per heavy atom. The molecule has 0 unspecified atom stereocenters. The van der Waals surface area contributed by atoms with Gasteiger partial charge < -0.3 is 14.4 Å². The van der Waals surface area contributed by atoms with Crippen LogP contribution in [0.5, 0.6) is 11.6 Å². The summed E-state index contributed by atoms with van der Waals surface area (Å²) in [5.41, 5.74) is 1.91. The number of alkyl halides is 3. The van der Waals surface area contributed by atoms with E-state index < -0.39 is 12.3 Å². The van der Waals surface area contributed by atoms with E-state index in [0.717, 1.165) is 6.07 Å². The number of nitrogens with zero attached hydrogens (tertiary/aromatic N) is 5. The van der Waals surface area contributed by atoms with Gasteiger partial charge in [0.2, 0.25) is 5.88 Å². The number of hydrogen-bond donors (Lipinski definition) is 0. The van der Waals surface area contributed by atoms with E-state index >= 15 is 0 Å². The predicted molar refractivity (Wildman–Crippen MR) is 121 cm³/mol. The third-order valence-corrected chi connectivity index (χ3v) is 5.59. The van der Waals surface area contributed by atoms with E-state index in [1.54, 1.807) is 30.9 Å². The molecule has 0 saturated carbocycles. The highest BCUT2D eigenvalue weighted by Gasteiger charge is 2.36. The number of aryl methyl sites for hydroxylation is 2. The molecule has 1 amide bonds. The number of methoxy groups -OCH3 is 1. The van der Waals surface area contributed by atoms with Crippen LogP contribution in [-0.4, -0.2) is 36.0 Å². The van der Waals surface area contributed by atoms with Gasteiger partial charge in [0.25, 0.3) is 5.91 Å². The second-order valence-corrected chi connectivity index (χ2v) is 7.97. The molecule has 1 aliphatic rings. The number of benzene rings is 1. The number of amides is 1. The first-order valence-corrected chi connectivity index (χ1v) is 10.5. The first-order chi connectivity index (χ1) is 16.5. The van der Waals surface area contributed by atoms with Gasteiger partial charge in [-0.05, 0) is 49.7 Å². The molecule has 0 saturated heterocycles. The van der Waals surface area contributed by atoms with Gasteiger partial charge >= 0.3 is 6.36 Å². The zero-order valence-corrected chi connectivity index (χ0v) is 19.4. The largest absolute Gasteiger partial charge is 0.573 e. The van der Waals surface area contributed by atoms with E-state index in [4.69, 9.17) is 16.3 Å². The molecule has 3 heterocycles. The van der Waals surface area contributed by atoms with Crippen molar-refractivity contribution in [2.45, 2.75) is 20.2 Å². The summed E-state index contributed by atoms with van der Waals surface area (Å²) < 4.78 is 47.2. The lowest BCUT2D eigenvalue weighted by molar-refractivity contribution is -0.274. The molecule has 1 aliphatic heterocycles. The lowest BCUT2D eigenvalue weighted by Crippen LogP contribution is -2.46. The van der Waals surface area contributed by atoms with Crippen LogP contribution in [0.1, 0.15) is 27.3 Å². The van der Waals surface area contributed by atoms with Gasteiger partial charge in [0.15, 0.2) is 5.69 Å². The molecule has 8 nitrogen and oxygen atoms in total. The van der Waals surface area contributed by atoms with Crippen LogP contribution in [-0.2, 0) is 0 Å². The van der Waals surface area contributed by atoms with Crippen LogP contribution in [0.15, 0.2) is 36.4 Å². The topological polar surface area (TPSA) is 91.6 Å². The maximum atomic E-state index is 13.5. The highest BCUT2D eigenvalue weighted by molar-refractivity contribution is 6.32. The van der Waals surface area contributed by atoms with Crippen LogP contribution in [0.4, 0.5) is 30.4 Å². The minimum absolute atomic E-state index is 0.00313. The molecule has 180 valence electrons. The summed E-state index contributed by atoms with van der Waals surface area (Å²) in [6.45, 7) is 3.25. The maximum absolute atomic E-state index is 13.5. The highest BCUT2D eigenvalue weighted by Crippen LogP contribution is 2.39. The number of carbonyl (C=O) groups is 1. The van der Waals surface area contributed by atoms with Crippen molar-refractivity contribution in [3.8, 4) is 17.7 Å². The number of hydrogen-bond acceptors (Lipinski definition) is 7. The number of halogens is 4. The Labute approximate surface area is 203 Å². The van der Waals surface area contributed by atoms with Crippen molar-refractivity contribution in [1.82, 2.24) is 9.97 Å². The minimum atomic E-state index is -4.84. The van der Waals surface area contributed by atoms with E-state index in [1.165, 1.54) is 30.2 Å². The van der Waals surface area contributed by atoms with Crippen molar-refractivity contribution in [3.05, 3.63) is 63.9 Å². The zero-order valence-electron chi connectivity index (χ0n) is 18.6. The third-order valence-electron chi connectivity index (χ3n) is 5.30. The summed E-state index contributed by atoms with van der Waals surface area (Å²) >= 11 is 6.17. The Hall–Kier alpha value is -4.04. The first-order valence-electron chi connectivity index (χ1n) is 10.1. The number of anilines is 3. The molecule has 0 radical (unpaired) electrons. The lowest BCUT2D eigenvalue weighted by Gasteiger charge is -2.38. The fourth-order valence-electron chi connectivity index (χ4n) is 3.77. The van der Waals surface area contributed by atoms with E-state index in [2.05, 4.69) is 14.7 Å². The predicted octanol–water partition coefficient (Wildman–Crippen LogP) is 5.28. The second-order valence-electron chi connectivity index (χ2n) is 7.56. The van der Waals surface area contributed by atoms with Gasteiger partial charge in [0.05, 0.1) is 29.1 Å². The van der Waals surface area contributed by atoms with Gasteiger partial charge in [-0.1, -0.05) is 11.6 Å². The quantitative estimate of drug-likeness (QED) is 0.478. The average Bonchev–Trinajstić information content (AvgIpc) is 2.79. The molecule has 3 aromatic rings. The lowest BCUT2D eigenvalue weighted by atomic mass is 10.1. The second kappa shape index (κ2) is 8.96. The Morgan fingerprint density at radius 2 is 1.80 bits per heavy atom. The molecular formula is C23H17ClF3N5O3. The van der Waals surface area contributed by atoms with Crippen LogP contribution in [0.25, 0.3) is 0 Å². The fourth-order valence-corrected chi connectivity index (χ4v) is 3.97. The number of ether oxygens (including phenoxy) is 2. The molecule has 35 heavy (non-hydrogen) atoms. The normalized spacial score (nSPS) is 13.4. The van der Waals surface area contributed by atoms with Gasteiger partial charge in [0.1, 0.15) is 24.3 Å². The first kappa shape index (κ1) is 24.1. The van der Waals surface area contributed by atoms with Crippen LogP contribution in [0.3, 0.4) is 0 Å². The molecule has 1 aromatic carbocycles. The molecule has 0 fully saturated rings. The molecule has 12 heteroatoms. The monoisotopic (exact) mass is 503 g/mol. The summed E-state index contributed by atoms with van der Waals surface area (Å²) in [5.74, 6) is -0.299. The van der Waals surface area contributed by atoms with Crippen LogP contribution in [0.2, 0.25) is 5.02 Å². The molecule has 4 rings (SSSR count). The number of fused-ring (bicyclic) bond motifs is 1. The molecule has 0 aliphatic carbocycles. The minimum Gasteiger partial charge on any atom is -0.481 e. The van der Waals surface area contributed by atoms with E-state index in [-0.39, 0.29) is 34.5 Å². The van der Waals surface area contributed by atoms with Crippen molar-refractivity contribution in [2.24, 2.45) is 0 Å². The van der Waals surface area contributed by atoms with Crippen LogP contribution in [0, 0.1) is 25.2 Å². The summed E-state index contributed by atoms with van der Waals surface area (Å²) in [7, 11) is 1.47. The van der Waals surface area contributed by atoms with Gasteiger partial charge in [-0.15, -0.1) is 13.2 Å². The Bertz CT molecular complexity index is 1370. The van der Waals surface area contributed by atoms with Crippen molar-refractivity contribution >= 4 is 34.7 Å². The SMILES string of the molecule is COc1ccc(N2CN(c3ccc(OC(F)(F)F)cc3C)c3nc(C#N)c(Cl)cc3C2=O)c(C)n1. The number of carbonyl (C=O) groups excluding carboxylic acids is 1. The Balaban J connectivity index is 1.86. The van der Waals surface area contributed by atoms with E-state index in [1.807, 2.05) is 6.07 Å². The fraction of sp³-hybridized carbons (Fsp3) is 0.217. The van der Waals surface area contributed by atoms with E-state index in [0.29, 0.717) is 28.5 Å². The standard InChI is InChI=1S/C23H17ClF3N5O3/c1-12-8-14(35-23(25,26)27)4-5-18(12)31-11-32(19-6-7-20(34-3)29-13(19)2)22(33)15-9-16(24)17(10-28)30-21(15)31/h4-9H,11H2,1-3H3. The van der Waals surface area contributed by atoms with Crippen molar-refractivity contribution in [3.63, 3.8) is 0 Å². The maximum Gasteiger partial charge on any atom is 0.573 e. The average molecular weight is 504 g/mol. The third kappa shape index (κ3) is 4.65. The van der Waals surface area contributed by atoms with E-state index in [9.17, 15) is 23.2 Å². The number of rotatable bonds is 4. The number of aromatic nitrogens is 2. The summed E-state index contributed by atoms with van der Waals surface area (Å²) in [6.07, 6.45) is -4.84. The molecule has 2 aromatic heterocycles. The smallest absolute Gasteiger partial charge is 0.481 e. The van der Waals surface area contributed by atoms with Gasteiger partial charge in [-0.2, -0.15) is 5.26 Å². The van der Waals surface area contributed by atoms with Gasteiger partial charge in [-0.3, -0.25) is 9.69 Å². The zero-order chi connectivity index (χ0) is 25.5. The summed E-state index contributed by atoms with van der Waals surface area (Å²) in [4.78, 5) is 25.1. The molecule has 0 N–H and O–H groups in total. The van der Waals surface area contributed by atoms with Crippen LogP contribution >= 0.6 is 11.6 Å². The highest BCUT2D eigenvalue weighted by atomic mass is 35.5. The van der Waals surface area contributed by atoms with Gasteiger partial charge in [-0.25, -0.2) is 9.97 Å². The van der Waals surface area contributed by atoms with Crippen molar-refractivity contribution in [2.75, 3.05) is 23.6 Å². The molecule has 0 bridgehead atoms. The molecule has 0 spiro atoms. The Morgan fingerprint density at radius 1 is 1.09 bits per heavy atom. The van der Waals surface area contributed by atoms with Crippen LogP contribution < -0.4 is 19.3 Å². The molecular weight excluding hydrogens is 487 g/mol. The Kier molecular flexibility index (Phi) is 6.17. The van der Waals surface area contributed by atoms with Gasteiger partial charge in [0, 0.05) is 11.8 Å². The molecule has 0 atom stereocenters.